The molecular weight excluding hydrogens is 455 g/mol. The lowest BCUT2D eigenvalue weighted by atomic mass is 9.89. The van der Waals surface area contributed by atoms with E-state index in [1.165, 1.54) is 9.80 Å². The molecule has 35 heavy (non-hydrogen) atoms. The number of amides is 2. The zero-order chi connectivity index (χ0) is 25.2. The summed E-state index contributed by atoms with van der Waals surface area (Å²) in [6.07, 6.45) is 1.45. The minimum Gasteiger partial charge on any atom is -0.393 e. The molecule has 188 valence electrons. The molecule has 2 aromatic rings. The summed E-state index contributed by atoms with van der Waals surface area (Å²) in [6.45, 7) is 3.28. The first-order valence-electron chi connectivity index (χ1n) is 12.0. The molecule has 2 aliphatic heterocycles. The quantitative estimate of drug-likeness (QED) is 0.679. The molecule has 0 bridgehead atoms. The van der Waals surface area contributed by atoms with Crippen LogP contribution in [-0.4, -0.2) is 77.9 Å². The number of likely N-dealkylation sites (tertiary alicyclic amines) is 1. The topological polar surface area (TPSA) is 47.0 Å². The van der Waals surface area contributed by atoms with E-state index in [4.69, 9.17) is 0 Å². The van der Waals surface area contributed by atoms with Crippen molar-refractivity contribution in [2.75, 3.05) is 39.8 Å². The van der Waals surface area contributed by atoms with Crippen LogP contribution in [0.2, 0.25) is 0 Å². The second-order valence-corrected chi connectivity index (χ2v) is 9.39. The lowest BCUT2D eigenvalue weighted by molar-refractivity contribution is 0.0758. The Hall–Kier alpha value is -2.84. The monoisotopic (exact) mass is 487 g/mol. The van der Waals surface area contributed by atoms with Crippen LogP contribution in [0.25, 0.3) is 5.57 Å². The molecule has 1 fully saturated rings. The predicted octanol–water partition coefficient (Wildman–Crippen LogP) is 4.43. The number of benzene rings is 2. The van der Waals surface area contributed by atoms with Crippen molar-refractivity contribution in [3.05, 3.63) is 77.4 Å². The van der Waals surface area contributed by atoms with Gasteiger partial charge in [0.2, 0.25) is 0 Å². The average Bonchev–Trinajstić information content (AvgIpc) is 3.16. The van der Waals surface area contributed by atoms with Crippen LogP contribution < -0.4 is 0 Å². The number of hydrogen-bond acceptors (Lipinski definition) is 3. The molecule has 2 aliphatic rings. The molecule has 2 aromatic carbocycles. The highest BCUT2D eigenvalue weighted by Crippen LogP contribution is 2.41. The van der Waals surface area contributed by atoms with Crippen LogP contribution in [0.15, 0.2) is 54.6 Å². The number of hydrogen-bond donors (Lipinski definition) is 1. The molecule has 2 unspecified atom stereocenters. The van der Waals surface area contributed by atoms with Crippen molar-refractivity contribution in [2.45, 2.75) is 37.5 Å². The van der Waals surface area contributed by atoms with Gasteiger partial charge in [-0.05, 0) is 48.4 Å². The molecule has 0 radical (unpaired) electrons. The maximum absolute atomic E-state index is 14.7. The lowest BCUT2D eigenvalue weighted by Gasteiger charge is -2.41. The van der Waals surface area contributed by atoms with E-state index < -0.39 is 36.0 Å². The summed E-state index contributed by atoms with van der Waals surface area (Å²) in [5.74, 6) is -1.20. The van der Waals surface area contributed by atoms with Gasteiger partial charge in [0.05, 0.1) is 6.61 Å². The van der Waals surface area contributed by atoms with E-state index in [1.807, 2.05) is 17.9 Å². The average molecular weight is 488 g/mol. The van der Waals surface area contributed by atoms with Gasteiger partial charge < -0.3 is 19.8 Å². The van der Waals surface area contributed by atoms with Gasteiger partial charge in [-0.2, -0.15) is 0 Å². The third-order valence-corrected chi connectivity index (χ3v) is 7.30. The van der Waals surface area contributed by atoms with Crippen molar-refractivity contribution in [1.82, 2.24) is 14.7 Å². The molecule has 5 nitrogen and oxygen atoms in total. The largest absolute Gasteiger partial charge is 0.393 e. The van der Waals surface area contributed by atoms with Crippen LogP contribution >= 0.6 is 0 Å². The van der Waals surface area contributed by atoms with E-state index in [1.54, 1.807) is 37.4 Å². The molecule has 0 saturated carbocycles. The molecule has 1 saturated heterocycles. The molecule has 2 amide bonds. The summed E-state index contributed by atoms with van der Waals surface area (Å²) in [5, 5.41) is 10.6. The van der Waals surface area contributed by atoms with Crippen molar-refractivity contribution in [3.8, 4) is 0 Å². The number of halogens is 3. The minimum atomic E-state index is -1.27. The Balaban J connectivity index is 1.71. The zero-order valence-electron chi connectivity index (χ0n) is 20.1. The Morgan fingerprint density at radius 1 is 1.20 bits per heavy atom. The first-order chi connectivity index (χ1) is 16.8. The first-order valence-corrected chi connectivity index (χ1v) is 12.0. The maximum atomic E-state index is 14.7. The molecule has 0 aromatic heterocycles. The molecule has 0 spiro atoms. The van der Waals surface area contributed by atoms with Gasteiger partial charge in [-0.25, -0.2) is 18.0 Å². The number of aliphatic hydroxyl groups excluding tert-OH is 1. The van der Waals surface area contributed by atoms with E-state index in [2.05, 4.69) is 0 Å². The second-order valence-electron chi connectivity index (χ2n) is 9.39. The number of aliphatic hydroxyl groups is 1. The van der Waals surface area contributed by atoms with Gasteiger partial charge in [0.25, 0.3) is 0 Å². The van der Waals surface area contributed by atoms with Gasteiger partial charge in [0, 0.05) is 44.7 Å². The number of carbonyl (C=O) groups excluding carboxylic acids is 1. The number of urea groups is 1. The van der Waals surface area contributed by atoms with Gasteiger partial charge >= 0.3 is 6.03 Å². The summed E-state index contributed by atoms with van der Waals surface area (Å²) < 4.78 is 43.3. The molecular formula is C27H32F3N3O2. The molecule has 8 heteroatoms. The molecule has 4 rings (SSSR count). The van der Waals surface area contributed by atoms with Crippen molar-refractivity contribution >= 4 is 11.6 Å². The lowest BCUT2D eigenvalue weighted by Crippen LogP contribution is -2.54. The number of alkyl halides is 1. The number of nitrogens with zero attached hydrogens (tertiary/aromatic N) is 3. The van der Waals surface area contributed by atoms with Crippen LogP contribution in [0.5, 0.6) is 0 Å². The Morgan fingerprint density at radius 3 is 2.63 bits per heavy atom. The fraction of sp³-hybridized carbons (Fsp3) is 0.444. The normalized spacial score (nSPS) is 25.3. The summed E-state index contributed by atoms with van der Waals surface area (Å²) in [6, 6.07) is 11.5. The predicted molar refractivity (Wildman–Crippen MR) is 129 cm³/mol. The fourth-order valence-electron chi connectivity index (χ4n) is 5.23. The highest BCUT2D eigenvalue weighted by atomic mass is 19.1. The first kappa shape index (κ1) is 25.3. The van der Waals surface area contributed by atoms with E-state index in [0.29, 0.717) is 30.6 Å². The third-order valence-electron chi connectivity index (χ3n) is 7.30. The van der Waals surface area contributed by atoms with Crippen LogP contribution in [0, 0.1) is 11.6 Å². The standard InChI is InChI=1S/C27H32F3N3O2/c1-3-32-12-11-23(13-22(29)17-32)31(2)26(35)33-16-19(24-14-21(28)9-10-25(24)30)15-27(33,18-34)20-7-5-4-6-8-20/h4-10,14-15,22-23,34H,3,11-13,16-18H2,1-2H3/t22?,23?,27-/m1/s1. The Morgan fingerprint density at radius 2 is 1.94 bits per heavy atom. The number of carbonyl (C=O) groups is 1. The van der Waals surface area contributed by atoms with Crippen LogP contribution in [0.3, 0.4) is 0 Å². The van der Waals surface area contributed by atoms with Gasteiger partial charge in [0.1, 0.15) is 23.3 Å². The van der Waals surface area contributed by atoms with Crippen molar-refractivity contribution < 1.29 is 23.1 Å². The molecule has 1 N–H and O–H groups in total. The molecule has 2 heterocycles. The third kappa shape index (κ3) is 4.95. The van der Waals surface area contributed by atoms with Gasteiger partial charge in [-0.1, -0.05) is 37.3 Å². The van der Waals surface area contributed by atoms with Crippen molar-refractivity contribution in [3.63, 3.8) is 0 Å². The summed E-state index contributed by atoms with van der Waals surface area (Å²) in [7, 11) is 1.65. The van der Waals surface area contributed by atoms with E-state index >= 15 is 0 Å². The molecule has 0 aliphatic carbocycles. The summed E-state index contributed by atoms with van der Waals surface area (Å²) >= 11 is 0. The van der Waals surface area contributed by atoms with Crippen LogP contribution in [-0.2, 0) is 5.54 Å². The van der Waals surface area contributed by atoms with E-state index in [-0.39, 0.29) is 24.6 Å². The van der Waals surface area contributed by atoms with E-state index in [9.17, 15) is 23.1 Å². The second kappa shape index (κ2) is 10.4. The highest BCUT2D eigenvalue weighted by Gasteiger charge is 2.46. The van der Waals surface area contributed by atoms with E-state index in [0.717, 1.165) is 24.7 Å². The maximum Gasteiger partial charge on any atom is 0.321 e. The zero-order valence-corrected chi connectivity index (χ0v) is 20.1. The van der Waals surface area contributed by atoms with Gasteiger partial charge in [-0.3, -0.25) is 0 Å². The number of rotatable bonds is 5. The van der Waals surface area contributed by atoms with Crippen molar-refractivity contribution in [1.29, 1.82) is 0 Å². The highest BCUT2D eigenvalue weighted by molar-refractivity contribution is 5.83. The smallest absolute Gasteiger partial charge is 0.321 e. The Labute approximate surface area is 204 Å². The van der Waals surface area contributed by atoms with Gasteiger partial charge in [0.15, 0.2) is 0 Å². The Kier molecular flexibility index (Phi) is 7.52. The SMILES string of the molecule is CCN1CCC(N(C)C(=O)N2CC(c3cc(F)ccc3F)=C[C@@]2(CO)c2ccccc2)CC(F)C1. The summed E-state index contributed by atoms with van der Waals surface area (Å²) in [4.78, 5) is 19.0. The minimum absolute atomic E-state index is 0.0220. The van der Waals surface area contributed by atoms with Crippen molar-refractivity contribution in [2.24, 2.45) is 0 Å². The van der Waals surface area contributed by atoms with Gasteiger partial charge in [-0.15, -0.1) is 0 Å². The summed E-state index contributed by atoms with van der Waals surface area (Å²) in [5.41, 5.74) is -0.162. The van der Waals surface area contributed by atoms with Crippen LogP contribution in [0.4, 0.5) is 18.0 Å². The fourth-order valence-corrected chi connectivity index (χ4v) is 5.23. The molecule has 3 atom stereocenters. The van der Waals surface area contributed by atoms with Crippen LogP contribution in [0.1, 0.15) is 30.9 Å². The Bertz CT molecular complexity index is 1080.